The van der Waals surface area contributed by atoms with Gasteiger partial charge in [0.15, 0.2) is 5.78 Å². The number of hydrogen-bond acceptors (Lipinski definition) is 2. The lowest BCUT2D eigenvalue weighted by Crippen LogP contribution is -2.00. The van der Waals surface area contributed by atoms with Crippen LogP contribution >= 0.6 is 0 Å². The minimum atomic E-state index is 0.0666. The van der Waals surface area contributed by atoms with E-state index in [1.807, 2.05) is 13.8 Å². The Balaban J connectivity index is 2.90. The Morgan fingerprint density at radius 2 is 2.27 bits per heavy atom. The first-order chi connectivity index (χ1) is 5.11. The molecule has 0 fully saturated rings. The van der Waals surface area contributed by atoms with Crippen LogP contribution in [-0.2, 0) is 0 Å². The van der Waals surface area contributed by atoms with Gasteiger partial charge in [-0.1, -0.05) is 0 Å². The summed E-state index contributed by atoms with van der Waals surface area (Å²) in [6.07, 6.45) is 3.37. The summed E-state index contributed by atoms with van der Waals surface area (Å²) in [6.45, 7) is 5.59. The van der Waals surface area contributed by atoms with Crippen molar-refractivity contribution in [1.29, 1.82) is 0 Å². The molecule has 1 aromatic rings. The van der Waals surface area contributed by atoms with Gasteiger partial charge in [0.2, 0.25) is 0 Å². The molecule has 11 heavy (non-hydrogen) atoms. The lowest BCUT2D eigenvalue weighted by molar-refractivity contribution is 0.101. The third kappa shape index (κ3) is 1.67. The summed E-state index contributed by atoms with van der Waals surface area (Å²) in [4.78, 5) is 10.8. The Hall–Kier alpha value is -1.12. The molecule has 0 atom stereocenters. The molecule has 0 aliphatic heterocycles. The Morgan fingerprint density at radius 3 is 2.55 bits per heavy atom. The molecule has 0 saturated carbocycles. The quantitative estimate of drug-likeness (QED) is 0.604. The molecule has 3 heteroatoms. The van der Waals surface area contributed by atoms with Crippen molar-refractivity contribution >= 4 is 5.78 Å². The van der Waals surface area contributed by atoms with Crippen LogP contribution in [-0.4, -0.2) is 15.6 Å². The second-order valence-corrected chi connectivity index (χ2v) is 2.86. The average Bonchev–Trinajstić information content (AvgIpc) is 2.33. The molecule has 0 aliphatic carbocycles. The molecular formula is C8H12N2O. The summed E-state index contributed by atoms with van der Waals surface area (Å²) in [5.74, 6) is 0.0666. The summed E-state index contributed by atoms with van der Waals surface area (Å²) in [5, 5.41) is 4.03. The molecule has 1 rings (SSSR count). The summed E-state index contributed by atoms with van der Waals surface area (Å²) >= 11 is 0. The minimum Gasteiger partial charge on any atom is -0.294 e. The topological polar surface area (TPSA) is 34.9 Å². The number of rotatable bonds is 2. The van der Waals surface area contributed by atoms with E-state index >= 15 is 0 Å². The fourth-order valence-corrected chi connectivity index (χ4v) is 0.802. The van der Waals surface area contributed by atoms with E-state index in [0.717, 1.165) is 0 Å². The van der Waals surface area contributed by atoms with E-state index in [1.54, 1.807) is 24.0 Å². The largest absolute Gasteiger partial charge is 0.294 e. The van der Waals surface area contributed by atoms with Crippen molar-refractivity contribution in [2.45, 2.75) is 26.8 Å². The molecule has 60 valence electrons. The van der Waals surface area contributed by atoms with Gasteiger partial charge in [-0.15, -0.1) is 0 Å². The van der Waals surface area contributed by atoms with Crippen LogP contribution in [0.3, 0.4) is 0 Å². The molecule has 1 aromatic heterocycles. The van der Waals surface area contributed by atoms with Crippen LogP contribution in [0.15, 0.2) is 12.4 Å². The molecule has 0 amide bonds. The van der Waals surface area contributed by atoms with Crippen molar-refractivity contribution in [3.05, 3.63) is 18.0 Å². The van der Waals surface area contributed by atoms with E-state index in [2.05, 4.69) is 5.10 Å². The number of nitrogens with zero attached hydrogens (tertiary/aromatic N) is 2. The SMILES string of the molecule is CC(=O)c1cnn(C(C)C)c1. The molecule has 0 spiro atoms. The smallest absolute Gasteiger partial charge is 0.162 e. The molecule has 3 nitrogen and oxygen atoms in total. The van der Waals surface area contributed by atoms with Crippen molar-refractivity contribution in [2.75, 3.05) is 0 Å². The van der Waals surface area contributed by atoms with E-state index in [1.165, 1.54) is 0 Å². The van der Waals surface area contributed by atoms with E-state index < -0.39 is 0 Å². The van der Waals surface area contributed by atoms with Gasteiger partial charge >= 0.3 is 0 Å². The van der Waals surface area contributed by atoms with Crippen LogP contribution in [0.5, 0.6) is 0 Å². The van der Waals surface area contributed by atoms with E-state index in [4.69, 9.17) is 0 Å². The second-order valence-electron chi connectivity index (χ2n) is 2.86. The predicted molar refractivity (Wildman–Crippen MR) is 42.6 cm³/mol. The summed E-state index contributed by atoms with van der Waals surface area (Å²) < 4.78 is 1.77. The standard InChI is InChI=1S/C8H12N2O/c1-6(2)10-5-8(4-9-10)7(3)11/h4-6H,1-3H3. The lowest BCUT2D eigenvalue weighted by atomic mass is 10.3. The van der Waals surface area contributed by atoms with Gasteiger partial charge < -0.3 is 0 Å². The van der Waals surface area contributed by atoms with Crippen molar-refractivity contribution in [1.82, 2.24) is 9.78 Å². The maximum Gasteiger partial charge on any atom is 0.162 e. The summed E-state index contributed by atoms with van der Waals surface area (Å²) in [7, 11) is 0. The Kier molecular flexibility index (Phi) is 2.08. The first-order valence-electron chi connectivity index (χ1n) is 3.66. The van der Waals surface area contributed by atoms with Crippen LogP contribution in [0, 0.1) is 0 Å². The summed E-state index contributed by atoms with van der Waals surface area (Å²) in [5.41, 5.74) is 0.679. The molecule has 0 radical (unpaired) electrons. The number of carbonyl (C=O) groups excluding carboxylic acids is 1. The number of ketones is 1. The van der Waals surface area contributed by atoms with Crippen molar-refractivity contribution in [3.63, 3.8) is 0 Å². The molecule has 0 bridgehead atoms. The van der Waals surface area contributed by atoms with Crippen LogP contribution in [0.1, 0.15) is 37.2 Å². The fraction of sp³-hybridized carbons (Fsp3) is 0.500. The first-order valence-corrected chi connectivity index (χ1v) is 3.66. The predicted octanol–water partition coefficient (Wildman–Crippen LogP) is 1.67. The van der Waals surface area contributed by atoms with Gasteiger partial charge in [-0.2, -0.15) is 5.10 Å². The normalized spacial score (nSPS) is 10.5. The molecule has 0 aromatic carbocycles. The number of carbonyl (C=O) groups is 1. The van der Waals surface area contributed by atoms with Gasteiger partial charge in [-0.25, -0.2) is 0 Å². The molecule has 0 N–H and O–H groups in total. The molecular weight excluding hydrogens is 140 g/mol. The van der Waals surface area contributed by atoms with Crippen LogP contribution in [0.4, 0.5) is 0 Å². The number of hydrogen-bond donors (Lipinski definition) is 0. The van der Waals surface area contributed by atoms with Crippen LogP contribution < -0.4 is 0 Å². The van der Waals surface area contributed by atoms with Gasteiger partial charge in [-0.3, -0.25) is 9.48 Å². The molecule has 0 aliphatic rings. The monoisotopic (exact) mass is 152 g/mol. The highest BCUT2D eigenvalue weighted by molar-refractivity contribution is 5.93. The fourth-order valence-electron chi connectivity index (χ4n) is 0.802. The zero-order chi connectivity index (χ0) is 8.43. The van der Waals surface area contributed by atoms with Gasteiger partial charge in [0.1, 0.15) is 0 Å². The Bertz CT molecular complexity index is 263. The second kappa shape index (κ2) is 2.86. The van der Waals surface area contributed by atoms with Gasteiger partial charge in [-0.05, 0) is 20.8 Å². The zero-order valence-corrected chi connectivity index (χ0v) is 7.03. The van der Waals surface area contributed by atoms with Gasteiger partial charge in [0.05, 0.1) is 11.8 Å². The van der Waals surface area contributed by atoms with E-state index in [-0.39, 0.29) is 5.78 Å². The van der Waals surface area contributed by atoms with Crippen molar-refractivity contribution in [2.24, 2.45) is 0 Å². The number of Topliss-reactive ketones (excluding diaryl/α,β-unsaturated/α-hetero) is 1. The van der Waals surface area contributed by atoms with Crippen LogP contribution in [0.2, 0.25) is 0 Å². The molecule has 1 heterocycles. The maximum atomic E-state index is 10.8. The van der Waals surface area contributed by atoms with E-state index in [0.29, 0.717) is 11.6 Å². The maximum absolute atomic E-state index is 10.8. The van der Waals surface area contributed by atoms with E-state index in [9.17, 15) is 4.79 Å². The first kappa shape index (κ1) is 7.98. The number of aromatic nitrogens is 2. The van der Waals surface area contributed by atoms with Gasteiger partial charge in [0, 0.05) is 12.2 Å². The third-order valence-electron chi connectivity index (χ3n) is 1.54. The highest BCUT2D eigenvalue weighted by atomic mass is 16.1. The highest BCUT2D eigenvalue weighted by Crippen LogP contribution is 2.05. The lowest BCUT2D eigenvalue weighted by Gasteiger charge is -2.02. The summed E-state index contributed by atoms with van der Waals surface area (Å²) in [6, 6.07) is 0.322. The average molecular weight is 152 g/mol. The minimum absolute atomic E-state index is 0.0666. The zero-order valence-electron chi connectivity index (χ0n) is 7.03. The highest BCUT2D eigenvalue weighted by Gasteiger charge is 2.03. The Morgan fingerprint density at radius 1 is 1.64 bits per heavy atom. The molecule has 0 unspecified atom stereocenters. The van der Waals surface area contributed by atoms with Crippen molar-refractivity contribution < 1.29 is 4.79 Å². The van der Waals surface area contributed by atoms with Crippen molar-refractivity contribution in [3.8, 4) is 0 Å². The third-order valence-corrected chi connectivity index (χ3v) is 1.54. The molecule has 0 saturated heterocycles. The van der Waals surface area contributed by atoms with Gasteiger partial charge in [0.25, 0.3) is 0 Å². The Labute approximate surface area is 66.0 Å². The van der Waals surface area contributed by atoms with Crippen LogP contribution in [0.25, 0.3) is 0 Å².